The van der Waals surface area contributed by atoms with Gasteiger partial charge >= 0.3 is 0 Å². The van der Waals surface area contributed by atoms with E-state index in [0.29, 0.717) is 12.3 Å². The fourth-order valence-electron chi connectivity index (χ4n) is 6.60. The number of rotatable bonds is 6. The molecule has 0 spiro atoms. The van der Waals surface area contributed by atoms with Crippen molar-refractivity contribution in [3.05, 3.63) is 48.6 Å². The second kappa shape index (κ2) is 7.15. The molecule has 0 unspecified atom stereocenters. The molecular weight excluding hydrogens is 396 g/mol. The van der Waals surface area contributed by atoms with Gasteiger partial charge in [-0.25, -0.2) is 0 Å². The van der Waals surface area contributed by atoms with Gasteiger partial charge in [-0.05, 0) is 80.5 Å². The van der Waals surface area contributed by atoms with Gasteiger partial charge in [0.2, 0.25) is 5.91 Å². The van der Waals surface area contributed by atoms with E-state index in [1.807, 2.05) is 40.9 Å². The molecule has 3 heterocycles. The highest BCUT2D eigenvalue weighted by molar-refractivity contribution is 7.99. The van der Waals surface area contributed by atoms with Crippen LogP contribution in [-0.4, -0.2) is 36.7 Å². The van der Waals surface area contributed by atoms with Crippen molar-refractivity contribution < 1.29 is 9.21 Å². The highest BCUT2D eigenvalue weighted by Gasteiger charge is 2.54. The van der Waals surface area contributed by atoms with Gasteiger partial charge in [0.05, 0.1) is 18.6 Å². The first-order valence-electron chi connectivity index (χ1n) is 10.9. The van der Waals surface area contributed by atoms with Crippen molar-refractivity contribution in [1.82, 2.24) is 19.5 Å². The largest absolute Gasteiger partial charge is 0.467 e. The van der Waals surface area contributed by atoms with Gasteiger partial charge in [0.1, 0.15) is 5.76 Å². The Morgan fingerprint density at radius 2 is 1.87 bits per heavy atom. The molecule has 7 rings (SSSR count). The van der Waals surface area contributed by atoms with E-state index in [1.165, 1.54) is 31.0 Å². The summed E-state index contributed by atoms with van der Waals surface area (Å²) >= 11 is 1.48. The number of carbonyl (C=O) groups is 1. The number of pyridine rings is 1. The number of hydrogen-bond acceptors (Lipinski definition) is 5. The van der Waals surface area contributed by atoms with Gasteiger partial charge in [0, 0.05) is 11.7 Å². The van der Waals surface area contributed by atoms with Crippen LogP contribution in [0.2, 0.25) is 0 Å². The third kappa shape index (κ3) is 3.14. The van der Waals surface area contributed by atoms with Crippen molar-refractivity contribution >= 4 is 23.3 Å². The predicted octanol–water partition coefficient (Wildman–Crippen LogP) is 4.41. The molecule has 0 aliphatic heterocycles. The molecule has 7 heteroatoms. The van der Waals surface area contributed by atoms with Crippen LogP contribution in [0.1, 0.15) is 44.3 Å². The summed E-state index contributed by atoms with van der Waals surface area (Å²) in [5, 5.41) is 9.26. The lowest BCUT2D eigenvalue weighted by Crippen LogP contribution is -2.61. The number of amides is 1. The Bertz CT molecular complexity index is 1030. The topological polar surface area (TPSA) is 63.6 Å². The van der Waals surface area contributed by atoms with E-state index in [2.05, 4.69) is 15.1 Å². The minimum absolute atomic E-state index is 0.00605. The first kappa shape index (κ1) is 18.5. The quantitative estimate of drug-likeness (QED) is 0.551. The molecule has 4 saturated carbocycles. The fraction of sp³-hybridized carbons (Fsp3) is 0.522. The Morgan fingerprint density at radius 3 is 2.57 bits per heavy atom. The molecule has 0 atom stereocenters. The van der Waals surface area contributed by atoms with Crippen LogP contribution in [0.15, 0.2) is 52.4 Å². The summed E-state index contributed by atoms with van der Waals surface area (Å²) < 4.78 is 7.60. The Kier molecular flexibility index (Phi) is 4.41. The molecule has 6 nitrogen and oxygen atoms in total. The lowest BCUT2D eigenvalue weighted by atomic mass is 9.52. The van der Waals surface area contributed by atoms with Crippen LogP contribution in [0.3, 0.4) is 0 Å². The molecule has 156 valence electrons. The van der Waals surface area contributed by atoms with E-state index < -0.39 is 0 Å². The van der Waals surface area contributed by atoms with Crippen LogP contribution in [0.4, 0.5) is 0 Å². The highest BCUT2D eigenvalue weighted by Crippen LogP contribution is 2.58. The SMILES string of the molecule is O=C(CSc1nnc2ccccn12)N(Cc1ccco1)C12CC3CC(CC(C3)C1)C2. The molecule has 0 saturated heterocycles. The van der Waals surface area contributed by atoms with E-state index in [0.717, 1.165) is 53.6 Å². The van der Waals surface area contributed by atoms with Crippen molar-refractivity contribution in [1.29, 1.82) is 0 Å². The third-order valence-electron chi connectivity index (χ3n) is 7.38. The Hall–Kier alpha value is -2.28. The number of fused-ring (bicyclic) bond motifs is 1. The van der Waals surface area contributed by atoms with Gasteiger partial charge in [-0.3, -0.25) is 9.20 Å². The monoisotopic (exact) mass is 422 g/mol. The normalized spacial score (nSPS) is 29.5. The van der Waals surface area contributed by atoms with Crippen LogP contribution < -0.4 is 0 Å². The number of hydrogen-bond donors (Lipinski definition) is 0. The second-order valence-electron chi connectivity index (χ2n) is 9.40. The van der Waals surface area contributed by atoms with Crippen LogP contribution >= 0.6 is 11.8 Å². The summed E-state index contributed by atoms with van der Waals surface area (Å²) in [6, 6.07) is 9.73. The van der Waals surface area contributed by atoms with Crippen molar-refractivity contribution in [2.24, 2.45) is 17.8 Å². The summed E-state index contributed by atoms with van der Waals surface area (Å²) in [6.07, 6.45) is 11.2. The number of thioether (sulfide) groups is 1. The standard InChI is InChI=1S/C23H26N4O2S/c28-21(15-30-22-25-24-20-5-1-2-6-26(20)22)27(14-19-4-3-7-29-19)23-11-16-8-17(12-23)10-18(9-16)13-23/h1-7,16-18H,8-15H2. The Morgan fingerprint density at radius 1 is 1.10 bits per heavy atom. The van der Waals surface area contributed by atoms with Gasteiger partial charge in [-0.2, -0.15) is 0 Å². The molecule has 30 heavy (non-hydrogen) atoms. The van der Waals surface area contributed by atoms with E-state index in [4.69, 9.17) is 4.42 Å². The maximum atomic E-state index is 13.6. The molecule has 0 aromatic carbocycles. The second-order valence-corrected chi connectivity index (χ2v) is 10.3. The first-order valence-corrected chi connectivity index (χ1v) is 11.9. The summed E-state index contributed by atoms with van der Waals surface area (Å²) in [6.45, 7) is 0.569. The van der Waals surface area contributed by atoms with E-state index in [1.54, 1.807) is 6.26 Å². The average Bonchev–Trinajstić information content (AvgIpc) is 3.39. The molecule has 3 aromatic rings. The molecule has 1 amide bonds. The minimum Gasteiger partial charge on any atom is -0.467 e. The van der Waals surface area contributed by atoms with Crippen molar-refractivity contribution in [3.63, 3.8) is 0 Å². The number of furan rings is 1. The van der Waals surface area contributed by atoms with E-state index in [-0.39, 0.29) is 11.4 Å². The minimum atomic E-state index is 0.00605. The molecule has 4 aliphatic rings. The number of nitrogens with zero attached hydrogens (tertiary/aromatic N) is 4. The molecule has 3 aromatic heterocycles. The lowest BCUT2D eigenvalue weighted by Gasteiger charge is -2.60. The van der Waals surface area contributed by atoms with Crippen molar-refractivity contribution in [3.8, 4) is 0 Å². The Labute approximate surface area is 180 Å². The van der Waals surface area contributed by atoms with Crippen LogP contribution in [0.5, 0.6) is 0 Å². The number of aromatic nitrogens is 3. The maximum absolute atomic E-state index is 13.6. The summed E-state index contributed by atoms with van der Waals surface area (Å²) in [4.78, 5) is 15.8. The zero-order valence-corrected chi connectivity index (χ0v) is 17.8. The fourth-order valence-corrected chi connectivity index (χ4v) is 7.40. The van der Waals surface area contributed by atoms with Crippen molar-refractivity contribution in [2.45, 2.75) is 55.8 Å². The van der Waals surface area contributed by atoms with Crippen molar-refractivity contribution in [2.75, 3.05) is 5.75 Å². The van der Waals surface area contributed by atoms with Gasteiger partial charge in [0.15, 0.2) is 10.8 Å². The Balaban J connectivity index is 1.26. The molecule has 4 bridgehead atoms. The molecular formula is C23H26N4O2S. The van der Waals surface area contributed by atoms with Gasteiger partial charge in [-0.1, -0.05) is 17.8 Å². The maximum Gasteiger partial charge on any atom is 0.233 e. The summed E-state index contributed by atoms with van der Waals surface area (Å²) in [5.41, 5.74) is 0.813. The third-order valence-corrected chi connectivity index (χ3v) is 8.31. The van der Waals surface area contributed by atoms with Crippen LogP contribution in [0, 0.1) is 17.8 Å². The lowest BCUT2D eigenvalue weighted by molar-refractivity contribution is -0.150. The number of carbonyl (C=O) groups excluding carboxylic acids is 1. The van der Waals surface area contributed by atoms with Gasteiger partial charge < -0.3 is 9.32 Å². The average molecular weight is 423 g/mol. The first-order chi connectivity index (χ1) is 14.7. The summed E-state index contributed by atoms with van der Waals surface area (Å²) in [7, 11) is 0. The zero-order chi connectivity index (χ0) is 20.1. The zero-order valence-electron chi connectivity index (χ0n) is 16.9. The summed E-state index contributed by atoms with van der Waals surface area (Å²) in [5.74, 6) is 3.80. The molecule has 4 fully saturated rings. The molecule has 0 N–H and O–H groups in total. The van der Waals surface area contributed by atoms with Gasteiger partial charge in [0.25, 0.3) is 0 Å². The highest BCUT2D eigenvalue weighted by atomic mass is 32.2. The smallest absolute Gasteiger partial charge is 0.233 e. The van der Waals surface area contributed by atoms with Crippen LogP contribution in [0.25, 0.3) is 5.65 Å². The molecule has 4 aliphatic carbocycles. The van der Waals surface area contributed by atoms with E-state index >= 15 is 0 Å². The van der Waals surface area contributed by atoms with Crippen LogP contribution in [-0.2, 0) is 11.3 Å². The van der Waals surface area contributed by atoms with E-state index in [9.17, 15) is 4.79 Å². The van der Waals surface area contributed by atoms with Gasteiger partial charge in [-0.15, -0.1) is 10.2 Å². The predicted molar refractivity (Wildman–Crippen MR) is 114 cm³/mol. The molecule has 0 radical (unpaired) electrons.